The van der Waals surface area contributed by atoms with Gasteiger partial charge in [-0.15, -0.1) is 0 Å². The van der Waals surface area contributed by atoms with Crippen LogP contribution in [0.4, 0.5) is 5.69 Å². The molecule has 9 nitrogen and oxygen atoms in total. The summed E-state index contributed by atoms with van der Waals surface area (Å²) in [5.41, 5.74) is 6.54. The largest absolute Gasteiger partial charge is 0.495 e. The molecule has 4 rings (SSSR count). The number of ether oxygens (including phenoxy) is 1. The fraction of sp³-hybridized carbons (Fsp3) is 0.120. The number of methoxy groups -OCH3 is 1. The first-order valence-corrected chi connectivity index (χ1v) is 12.0. The highest BCUT2D eigenvalue weighted by Gasteiger charge is 2.22. The maximum absolute atomic E-state index is 13.1. The van der Waals surface area contributed by atoms with E-state index in [4.69, 9.17) is 9.15 Å². The molecule has 3 aromatic carbocycles. The Morgan fingerprint density at radius 3 is 2.31 bits per heavy atom. The summed E-state index contributed by atoms with van der Waals surface area (Å²) in [6, 6.07) is 18.0. The number of hydrazine groups is 1. The summed E-state index contributed by atoms with van der Waals surface area (Å²) < 4.78 is 39.4. The number of benzene rings is 3. The van der Waals surface area contributed by atoms with Crippen LogP contribution in [0.1, 0.15) is 32.0 Å². The van der Waals surface area contributed by atoms with Crippen molar-refractivity contribution in [3.8, 4) is 5.75 Å². The highest BCUT2D eigenvalue weighted by molar-refractivity contribution is 7.92. The molecule has 0 spiro atoms. The lowest BCUT2D eigenvalue weighted by Gasteiger charge is -2.14. The van der Waals surface area contributed by atoms with E-state index in [2.05, 4.69) is 15.6 Å². The van der Waals surface area contributed by atoms with Gasteiger partial charge >= 0.3 is 5.91 Å². The van der Waals surface area contributed by atoms with E-state index in [0.717, 1.165) is 5.39 Å². The molecular weight excluding hydrogens is 470 g/mol. The second kappa shape index (κ2) is 9.51. The molecule has 0 radical (unpaired) electrons. The number of carbonyl (C=O) groups is 2. The molecule has 0 unspecified atom stereocenters. The number of hydrogen-bond donors (Lipinski definition) is 3. The number of sulfonamides is 1. The molecule has 0 fully saturated rings. The molecule has 4 aromatic rings. The van der Waals surface area contributed by atoms with E-state index in [-0.39, 0.29) is 21.9 Å². The number of hydrogen-bond acceptors (Lipinski definition) is 6. The Morgan fingerprint density at radius 2 is 1.57 bits per heavy atom. The summed E-state index contributed by atoms with van der Waals surface area (Å²) in [5.74, 6) is -0.906. The molecule has 0 saturated carbocycles. The van der Waals surface area contributed by atoms with Crippen molar-refractivity contribution in [2.75, 3.05) is 11.8 Å². The number of carbonyl (C=O) groups excluding carboxylic acids is 2. The molecule has 0 aliphatic carbocycles. The molecule has 180 valence electrons. The van der Waals surface area contributed by atoms with Crippen molar-refractivity contribution in [1.82, 2.24) is 10.9 Å². The van der Waals surface area contributed by atoms with Gasteiger partial charge in [-0.3, -0.25) is 25.2 Å². The second-order valence-corrected chi connectivity index (χ2v) is 9.40. The average Bonchev–Trinajstić information content (AvgIpc) is 3.19. The quantitative estimate of drug-likeness (QED) is 0.349. The first-order valence-electron chi connectivity index (χ1n) is 10.6. The van der Waals surface area contributed by atoms with Crippen LogP contribution in [-0.2, 0) is 10.0 Å². The molecule has 1 heterocycles. The van der Waals surface area contributed by atoms with Crippen LogP contribution in [-0.4, -0.2) is 27.3 Å². The first kappa shape index (κ1) is 23.8. The highest BCUT2D eigenvalue weighted by Crippen LogP contribution is 2.28. The zero-order valence-electron chi connectivity index (χ0n) is 19.2. The molecule has 0 aliphatic rings. The lowest BCUT2D eigenvalue weighted by Crippen LogP contribution is -2.41. The Kier molecular flexibility index (Phi) is 6.48. The monoisotopic (exact) mass is 493 g/mol. The molecule has 35 heavy (non-hydrogen) atoms. The normalized spacial score (nSPS) is 11.2. The third kappa shape index (κ3) is 4.82. The van der Waals surface area contributed by atoms with Gasteiger partial charge in [0.1, 0.15) is 11.3 Å². The number of furan rings is 1. The number of amides is 2. The lowest BCUT2D eigenvalue weighted by molar-refractivity contribution is 0.0831. The molecular formula is C25H23N3O6S. The SMILES string of the molecule is COc1ccccc1NS(=O)(=O)c1cc(C(=O)NNC(=O)c2oc3ccccc3c2C)ccc1C. The molecule has 2 amide bonds. The van der Waals surface area contributed by atoms with Gasteiger partial charge in [0.25, 0.3) is 15.9 Å². The second-order valence-electron chi connectivity index (χ2n) is 7.75. The summed E-state index contributed by atoms with van der Waals surface area (Å²) in [7, 11) is -2.60. The van der Waals surface area contributed by atoms with Crippen LogP contribution >= 0.6 is 0 Å². The minimum absolute atomic E-state index is 0.0395. The van der Waals surface area contributed by atoms with E-state index >= 15 is 0 Å². The number of nitrogens with one attached hydrogen (secondary N) is 3. The Morgan fingerprint density at radius 1 is 0.886 bits per heavy atom. The van der Waals surface area contributed by atoms with Crippen LogP contribution in [0.2, 0.25) is 0 Å². The molecule has 0 bridgehead atoms. The summed E-state index contributed by atoms with van der Waals surface area (Å²) in [6.07, 6.45) is 0. The van der Waals surface area contributed by atoms with Crippen LogP contribution in [0.5, 0.6) is 5.75 Å². The summed E-state index contributed by atoms with van der Waals surface area (Å²) in [5, 5.41) is 0.792. The number of rotatable bonds is 6. The van der Waals surface area contributed by atoms with Crippen molar-refractivity contribution in [1.29, 1.82) is 0 Å². The van der Waals surface area contributed by atoms with Crippen LogP contribution in [0.25, 0.3) is 11.0 Å². The van der Waals surface area contributed by atoms with Crippen molar-refractivity contribution >= 4 is 38.5 Å². The van der Waals surface area contributed by atoms with Gasteiger partial charge in [0.2, 0.25) is 0 Å². The van der Waals surface area contributed by atoms with E-state index in [1.54, 1.807) is 50.2 Å². The van der Waals surface area contributed by atoms with E-state index in [0.29, 0.717) is 22.5 Å². The number of anilines is 1. The van der Waals surface area contributed by atoms with E-state index in [1.807, 2.05) is 12.1 Å². The Hall–Kier alpha value is -4.31. The predicted octanol–water partition coefficient (Wildman–Crippen LogP) is 3.93. The van der Waals surface area contributed by atoms with E-state index < -0.39 is 21.8 Å². The third-order valence-electron chi connectivity index (χ3n) is 5.43. The standard InChI is InChI=1S/C25H23N3O6S/c1-15-12-13-17(14-22(15)35(31,32)28-19-9-5-7-11-21(19)33-3)24(29)26-27-25(30)23-16(2)18-8-4-6-10-20(18)34-23/h4-14,28H,1-3H3,(H,26,29)(H,27,30). The van der Waals surface area contributed by atoms with Gasteiger partial charge in [0, 0.05) is 16.5 Å². The summed E-state index contributed by atoms with van der Waals surface area (Å²) in [4.78, 5) is 25.2. The lowest BCUT2D eigenvalue weighted by atomic mass is 10.1. The third-order valence-corrected chi connectivity index (χ3v) is 6.94. The highest BCUT2D eigenvalue weighted by atomic mass is 32.2. The fourth-order valence-electron chi connectivity index (χ4n) is 3.59. The average molecular weight is 494 g/mol. The van der Waals surface area contributed by atoms with E-state index in [1.165, 1.54) is 25.3 Å². The minimum atomic E-state index is -4.04. The van der Waals surface area contributed by atoms with Crippen molar-refractivity contribution in [2.24, 2.45) is 0 Å². The summed E-state index contributed by atoms with van der Waals surface area (Å²) in [6.45, 7) is 3.36. The molecule has 1 aromatic heterocycles. The fourth-order valence-corrected chi connectivity index (χ4v) is 4.94. The Labute approximate surface area is 202 Å². The minimum Gasteiger partial charge on any atom is -0.495 e. The Balaban J connectivity index is 1.52. The number of para-hydroxylation sites is 3. The number of fused-ring (bicyclic) bond motifs is 1. The van der Waals surface area contributed by atoms with Gasteiger partial charge in [0.15, 0.2) is 5.76 Å². The van der Waals surface area contributed by atoms with Gasteiger partial charge in [-0.05, 0) is 49.7 Å². The maximum Gasteiger partial charge on any atom is 0.305 e. The van der Waals surface area contributed by atoms with Crippen molar-refractivity contribution in [3.63, 3.8) is 0 Å². The van der Waals surface area contributed by atoms with Crippen LogP contribution < -0.4 is 20.3 Å². The van der Waals surface area contributed by atoms with Crippen LogP contribution in [0, 0.1) is 13.8 Å². The van der Waals surface area contributed by atoms with Crippen molar-refractivity contribution in [3.05, 3.63) is 89.2 Å². The van der Waals surface area contributed by atoms with E-state index in [9.17, 15) is 18.0 Å². The predicted molar refractivity (Wildman–Crippen MR) is 131 cm³/mol. The van der Waals surface area contributed by atoms with Gasteiger partial charge in [-0.2, -0.15) is 0 Å². The molecule has 0 aliphatic heterocycles. The van der Waals surface area contributed by atoms with Gasteiger partial charge < -0.3 is 9.15 Å². The Bertz CT molecular complexity index is 1540. The smallest absolute Gasteiger partial charge is 0.305 e. The molecule has 3 N–H and O–H groups in total. The van der Waals surface area contributed by atoms with Crippen LogP contribution in [0.3, 0.4) is 0 Å². The zero-order chi connectivity index (χ0) is 25.2. The summed E-state index contributed by atoms with van der Waals surface area (Å²) >= 11 is 0. The van der Waals surface area contributed by atoms with Gasteiger partial charge in [-0.1, -0.05) is 36.4 Å². The molecule has 10 heteroatoms. The van der Waals surface area contributed by atoms with Crippen molar-refractivity contribution < 1.29 is 27.2 Å². The van der Waals surface area contributed by atoms with Crippen LogP contribution in [0.15, 0.2) is 76.0 Å². The number of aryl methyl sites for hydroxylation is 2. The zero-order valence-corrected chi connectivity index (χ0v) is 20.0. The molecule has 0 atom stereocenters. The first-order chi connectivity index (χ1) is 16.7. The molecule has 0 saturated heterocycles. The topological polar surface area (TPSA) is 127 Å². The van der Waals surface area contributed by atoms with Crippen molar-refractivity contribution in [2.45, 2.75) is 18.7 Å². The van der Waals surface area contributed by atoms with Gasteiger partial charge in [-0.25, -0.2) is 8.42 Å². The maximum atomic E-state index is 13.1. The van der Waals surface area contributed by atoms with Gasteiger partial charge in [0.05, 0.1) is 17.7 Å².